The number of pyridine rings is 1. The first-order chi connectivity index (χ1) is 9.34. The number of hydrogen-bond acceptors (Lipinski definition) is 2. The van der Waals surface area contributed by atoms with Gasteiger partial charge >= 0.3 is 0 Å². The lowest BCUT2D eigenvalue weighted by atomic mass is 9.99. The van der Waals surface area contributed by atoms with Crippen molar-refractivity contribution in [1.82, 2.24) is 4.98 Å². The third kappa shape index (κ3) is 2.62. The van der Waals surface area contributed by atoms with E-state index >= 15 is 0 Å². The number of benzene rings is 1. The minimum atomic E-state index is 0.418. The van der Waals surface area contributed by atoms with E-state index in [1.54, 1.807) is 0 Å². The van der Waals surface area contributed by atoms with Crippen molar-refractivity contribution < 1.29 is 0 Å². The van der Waals surface area contributed by atoms with Crippen LogP contribution in [0.3, 0.4) is 0 Å². The summed E-state index contributed by atoms with van der Waals surface area (Å²) in [5.74, 6) is 0. The van der Waals surface area contributed by atoms with Gasteiger partial charge in [0.1, 0.15) is 0 Å². The van der Waals surface area contributed by atoms with E-state index in [-0.39, 0.29) is 0 Å². The van der Waals surface area contributed by atoms with Crippen LogP contribution in [-0.4, -0.2) is 4.98 Å². The molecule has 0 amide bonds. The molecular weight excluding hydrogens is 232 g/mol. The van der Waals surface area contributed by atoms with Crippen molar-refractivity contribution in [1.29, 1.82) is 0 Å². The monoisotopic (exact) mass is 252 g/mol. The first-order valence-corrected chi connectivity index (χ1v) is 7.10. The standard InChI is InChI=1S/C17H20N2/c1-13-16(11-6-12-18-13)19-17-10-5-3-8-14-7-2-4-9-15(14)17/h2,4,6-7,9,11-12,17,19H,3,5,8,10H2,1H3. The zero-order chi connectivity index (χ0) is 13.1. The maximum atomic E-state index is 4.36. The fourth-order valence-corrected chi connectivity index (χ4v) is 2.90. The Morgan fingerprint density at radius 2 is 2.00 bits per heavy atom. The number of nitrogens with zero attached hydrogens (tertiary/aromatic N) is 1. The average Bonchev–Trinajstić information content (AvgIpc) is 2.64. The SMILES string of the molecule is Cc1ncccc1NC1CCCCc2ccccc21. The molecule has 2 nitrogen and oxygen atoms in total. The van der Waals surface area contributed by atoms with Crippen LogP contribution < -0.4 is 5.32 Å². The topological polar surface area (TPSA) is 24.9 Å². The summed E-state index contributed by atoms with van der Waals surface area (Å²) >= 11 is 0. The molecule has 0 saturated heterocycles. The van der Waals surface area contributed by atoms with E-state index in [0.717, 1.165) is 11.4 Å². The Balaban J connectivity index is 1.91. The number of hydrogen-bond donors (Lipinski definition) is 1. The molecule has 1 unspecified atom stereocenters. The van der Waals surface area contributed by atoms with Gasteiger partial charge in [0.15, 0.2) is 0 Å². The van der Waals surface area contributed by atoms with Gasteiger partial charge in [0.05, 0.1) is 17.4 Å². The Labute approximate surface area is 114 Å². The highest BCUT2D eigenvalue weighted by Gasteiger charge is 2.18. The third-order valence-electron chi connectivity index (χ3n) is 3.96. The van der Waals surface area contributed by atoms with Crippen molar-refractivity contribution in [2.45, 2.75) is 38.6 Å². The molecule has 1 aliphatic carbocycles. The lowest BCUT2D eigenvalue weighted by Gasteiger charge is -2.21. The minimum absolute atomic E-state index is 0.418. The summed E-state index contributed by atoms with van der Waals surface area (Å²) < 4.78 is 0. The number of aromatic nitrogens is 1. The highest BCUT2D eigenvalue weighted by atomic mass is 14.9. The van der Waals surface area contributed by atoms with Gasteiger partial charge in [-0.25, -0.2) is 0 Å². The quantitative estimate of drug-likeness (QED) is 0.807. The van der Waals surface area contributed by atoms with Gasteiger partial charge in [-0.2, -0.15) is 0 Å². The zero-order valence-corrected chi connectivity index (χ0v) is 11.4. The van der Waals surface area contributed by atoms with Crippen LogP contribution >= 0.6 is 0 Å². The van der Waals surface area contributed by atoms with E-state index in [9.17, 15) is 0 Å². The molecule has 98 valence electrons. The van der Waals surface area contributed by atoms with Crippen molar-refractivity contribution in [3.63, 3.8) is 0 Å². The molecule has 19 heavy (non-hydrogen) atoms. The molecule has 1 aromatic carbocycles. The molecule has 0 spiro atoms. The number of aryl methyl sites for hydroxylation is 2. The van der Waals surface area contributed by atoms with Gasteiger partial charge in [0.25, 0.3) is 0 Å². The molecule has 1 N–H and O–H groups in total. The Kier molecular flexibility index (Phi) is 3.49. The fraction of sp³-hybridized carbons (Fsp3) is 0.353. The highest BCUT2D eigenvalue weighted by molar-refractivity contribution is 5.49. The van der Waals surface area contributed by atoms with Crippen LogP contribution in [0.1, 0.15) is 42.1 Å². The Hall–Kier alpha value is -1.83. The first-order valence-electron chi connectivity index (χ1n) is 7.10. The van der Waals surface area contributed by atoms with Gasteiger partial charge in [-0.15, -0.1) is 0 Å². The first kappa shape index (κ1) is 12.2. The number of fused-ring (bicyclic) bond motifs is 1. The van der Waals surface area contributed by atoms with Gasteiger partial charge in [0, 0.05) is 6.20 Å². The van der Waals surface area contributed by atoms with Crippen molar-refractivity contribution in [3.8, 4) is 0 Å². The molecule has 0 radical (unpaired) electrons. The van der Waals surface area contributed by atoms with E-state index in [1.807, 2.05) is 12.3 Å². The van der Waals surface area contributed by atoms with E-state index in [4.69, 9.17) is 0 Å². The summed E-state index contributed by atoms with van der Waals surface area (Å²) in [7, 11) is 0. The largest absolute Gasteiger partial charge is 0.377 e. The van der Waals surface area contributed by atoms with Crippen molar-refractivity contribution in [3.05, 3.63) is 59.4 Å². The molecule has 1 heterocycles. The number of rotatable bonds is 2. The summed E-state index contributed by atoms with van der Waals surface area (Å²) in [5.41, 5.74) is 5.19. The van der Waals surface area contributed by atoms with Crippen molar-refractivity contribution in [2.75, 3.05) is 5.32 Å². The molecule has 2 heteroatoms. The molecule has 0 bridgehead atoms. The molecule has 1 atom stereocenters. The second kappa shape index (κ2) is 5.43. The molecule has 0 aliphatic heterocycles. The molecule has 3 rings (SSSR count). The highest BCUT2D eigenvalue weighted by Crippen LogP contribution is 2.31. The summed E-state index contributed by atoms with van der Waals surface area (Å²) in [6.45, 7) is 2.06. The maximum absolute atomic E-state index is 4.36. The summed E-state index contributed by atoms with van der Waals surface area (Å²) in [5, 5.41) is 3.68. The zero-order valence-electron chi connectivity index (χ0n) is 11.4. The van der Waals surface area contributed by atoms with E-state index in [0.29, 0.717) is 6.04 Å². The lowest BCUT2D eigenvalue weighted by molar-refractivity contribution is 0.643. The lowest BCUT2D eigenvalue weighted by Crippen LogP contribution is -2.12. The van der Waals surface area contributed by atoms with Crippen molar-refractivity contribution in [2.24, 2.45) is 0 Å². The second-order valence-electron chi connectivity index (χ2n) is 5.28. The third-order valence-corrected chi connectivity index (χ3v) is 3.96. The minimum Gasteiger partial charge on any atom is -0.377 e. The van der Waals surface area contributed by atoms with E-state index in [2.05, 4.69) is 47.6 Å². The normalized spacial score (nSPS) is 18.5. The van der Waals surface area contributed by atoms with Crippen LogP contribution in [0.25, 0.3) is 0 Å². The van der Waals surface area contributed by atoms with Crippen molar-refractivity contribution >= 4 is 5.69 Å². The summed E-state index contributed by atoms with van der Waals surface area (Å²) in [6.07, 6.45) is 6.83. The predicted molar refractivity (Wildman–Crippen MR) is 79.3 cm³/mol. The molecule has 1 aromatic heterocycles. The Morgan fingerprint density at radius 1 is 1.11 bits per heavy atom. The van der Waals surface area contributed by atoms with Crippen LogP contribution in [0, 0.1) is 6.92 Å². The van der Waals surface area contributed by atoms with Crippen LogP contribution in [-0.2, 0) is 6.42 Å². The van der Waals surface area contributed by atoms with Gasteiger partial charge < -0.3 is 5.32 Å². The Bertz CT molecular complexity index is 563. The molecular formula is C17H20N2. The van der Waals surface area contributed by atoms with Crippen LogP contribution in [0.4, 0.5) is 5.69 Å². The molecule has 0 fully saturated rings. The smallest absolute Gasteiger partial charge is 0.0603 e. The summed E-state index contributed by atoms with van der Waals surface area (Å²) in [4.78, 5) is 4.36. The predicted octanol–water partition coefficient (Wildman–Crippen LogP) is 4.27. The Morgan fingerprint density at radius 3 is 2.89 bits per heavy atom. The van der Waals surface area contributed by atoms with E-state index < -0.39 is 0 Å². The van der Waals surface area contributed by atoms with Gasteiger partial charge in [-0.3, -0.25) is 4.98 Å². The second-order valence-corrected chi connectivity index (χ2v) is 5.28. The van der Waals surface area contributed by atoms with Gasteiger partial charge in [-0.1, -0.05) is 30.7 Å². The van der Waals surface area contributed by atoms with Crippen LogP contribution in [0.5, 0.6) is 0 Å². The molecule has 2 aromatic rings. The average molecular weight is 252 g/mol. The van der Waals surface area contributed by atoms with Gasteiger partial charge in [0.2, 0.25) is 0 Å². The molecule has 0 saturated carbocycles. The number of anilines is 1. The number of nitrogens with one attached hydrogen (secondary N) is 1. The molecule has 1 aliphatic rings. The van der Waals surface area contributed by atoms with Crippen LogP contribution in [0.2, 0.25) is 0 Å². The van der Waals surface area contributed by atoms with E-state index in [1.165, 1.54) is 36.8 Å². The summed E-state index contributed by atoms with van der Waals surface area (Å²) in [6, 6.07) is 13.4. The maximum Gasteiger partial charge on any atom is 0.0603 e. The van der Waals surface area contributed by atoms with Gasteiger partial charge in [-0.05, 0) is 49.4 Å². The fourth-order valence-electron chi connectivity index (χ4n) is 2.90. The van der Waals surface area contributed by atoms with Crippen LogP contribution in [0.15, 0.2) is 42.6 Å².